The van der Waals surface area contributed by atoms with Gasteiger partial charge in [-0.2, -0.15) is 5.10 Å². The van der Waals surface area contributed by atoms with Crippen LogP contribution in [0, 0.1) is 5.82 Å². The van der Waals surface area contributed by atoms with Crippen LogP contribution in [0.1, 0.15) is 56.7 Å². The lowest BCUT2D eigenvalue weighted by Crippen LogP contribution is -2.43. The molecule has 9 nitrogen and oxygen atoms in total. The molecule has 5 rings (SSSR count). The molecule has 1 aromatic carbocycles. The van der Waals surface area contributed by atoms with Gasteiger partial charge in [0, 0.05) is 48.0 Å². The molecule has 0 atom stereocenters. The van der Waals surface area contributed by atoms with E-state index < -0.39 is 22.8 Å². The predicted octanol–water partition coefficient (Wildman–Crippen LogP) is 5.10. The van der Waals surface area contributed by atoms with Crippen LogP contribution in [0.15, 0.2) is 30.5 Å². The van der Waals surface area contributed by atoms with Crippen LogP contribution in [0.3, 0.4) is 0 Å². The topological polar surface area (TPSA) is 111 Å². The predicted molar refractivity (Wildman–Crippen MR) is 141 cm³/mol. The lowest BCUT2D eigenvalue weighted by molar-refractivity contribution is -0.166. The van der Waals surface area contributed by atoms with Crippen molar-refractivity contribution < 1.29 is 28.5 Å². The molecule has 0 amide bonds. The van der Waals surface area contributed by atoms with E-state index in [9.17, 15) is 14.3 Å². The highest BCUT2D eigenvalue weighted by Crippen LogP contribution is 2.48. The maximum absolute atomic E-state index is 14.5. The second-order valence-corrected chi connectivity index (χ2v) is 10.7. The van der Waals surface area contributed by atoms with Crippen molar-refractivity contribution >= 4 is 28.0 Å². The van der Waals surface area contributed by atoms with Crippen LogP contribution < -0.4 is 4.74 Å². The zero-order chi connectivity index (χ0) is 27.2. The molecule has 0 bridgehead atoms. The average Bonchev–Trinajstić information content (AvgIpc) is 3.50. The van der Waals surface area contributed by atoms with E-state index in [4.69, 9.17) is 19.2 Å². The van der Waals surface area contributed by atoms with Crippen molar-refractivity contribution in [1.29, 1.82) is 0 Å². The van der Waals surface area contributed by atoms with E-state index in [-0.39, 0.29) is 11.7 Å². The van der Waals surface area contributed by atoms with Gasteiger partial charge in [0.1, 0.15) is 0 Å². The highest BCUT2D eigenvalue weighted by molar-refractivity contribution is 5.94. The standard InChI is InChI=1S/C28H33FN4O5/c1-27(2,15-36-3)24-22(16-8-10-28(38-5,11-9-16)26(34)35)23-20(12-17-14-30-32-25(17)31-23)33(24)18-6-7-19(29)21(13-18)37-4/h6-7,12-14,16H,8-11,15H2,1-5H3,(H,34,35)(H,30,31,32)/t16-,28+. The Bertz CT molecular complexity index is 1500. The third-order valence-corrected chi connectivity index (χ3v) is 7.90. The maximum Gasteiger partial charge on any atom is 0.335 e. The molecule has 3 aromatic heterocycles. The van der Waals surface area contributed by atoms with E-state index in [1.54, 1.807) is 25.4 Å². The third-order valence-electron chi connectivity index (χ3n) is 7.90. The highest BCUT2D eigenvalue weighted by atomic mass is 19.1. The van der Waals surface area contributed by atoms with Gasteiger partial charge < -0.3 is 23.9 Å². The molecule has 1 aliphatic rings. The van der Waals surface area contributed by atoms with Crippen molar-refractivity contribution in [3.05, 3.63) is 47.5 Å². The van der Waals surface area contributed by atoms with Crippen LogP contribution in [0.2, 0.25) is 0 Å². The first-order valence-corrected chi connectivity index (χ1v) is 12.7. The molecule has 1 saturated carbocycles. The van der Waals surface area contributed by atoms with Gasteiger partial charge in [0.15, 0.2) is 22.8 Å². The lowest BCUT2D eigenvalue weighted by atomic mass is 9.73. The molecule has 1 fully saturated rings. The number of fused-ring (bicyclic) bond motifs is 2. The number of hydrogen-bond donors (Lipinski definition) is 2. The number of halogens is 1. The first kappa shape index (κ1) is 26.1. The molecule has 202 valence electrons. The van der Waals surface area contributed by atoms with Gasteiger partial charge in [-0.05, 0) is 49.8 Å². The molecule has 2 N–H and O–H groups in total. The summed E-state index contributed by atoms with van der Waals surface area (Å²) in [5, 5.41) is 17.9. The minimum atomic E-state index is -1.19. The smallest absolute Gasteiger partial charge is 0.335 e. The van der Waals surface area contributed by atoms with Gasteiger partial charge in [-0.15, -0.1) is 0 Å². The molecule has 38 heavy (non-hydrogen) atoms. The number of ether oxygens (including phenoxy) is 3. The number of carboxylic acid groups (broad SMARTS) is 1. The summed E-state index contributed by atoms with van der Waals surface area (Å²) in [5.74, 6) is -1.21. The third kappa shape index (κ3) is 4.12. The van der Waals surface area contributed by atoms with E-state index in [2.05, 4.69) is 28.6 Å². The monoisotopic (exact) mass is 524 g/mol. The normalized spacial score (nSPS) is 20.3. The van der Waals surface area contributed by atoms with Gasteiger partial charge >= 0.3 is 5.97 Å². The first-order chi connectivity index (χ1) is 18.2. The van der Waals surface area contributed by atoms with Crippen LogP contribution in [0.25, 0.3) is 27.8 Å². The van der Waals surface area contributed by atoms with Gasteiger partial charge in [-0.25, -0.2) is 14.2 Å². The maximum atomic E-state index is 14.5. The fraction of sp³-hybridized carbons (Fsp3) is 0.464. The Labute approximate surface area is 219 Å². The molecule has 1 aliphatic carbocycles. The van der Waals surface area contributed by atoms with Crippen molar-refractivity contribution in [2.75, 3.05) is 27.9 Å². The Morgan fingerprint density at radius 1 is 1.24 bits per heavy atom. The van der Waals surface area contributed by atoms with E-state index in [0.29, 0.717) is 37.9 Å². The molecule has 0 unspecified atom stereocenters. The Morgan fingerprint density at radius 2 is 1.97 bits per heavy atom. The summed E-state index contributed by atoms with van der Waals surface area (Å²) >= 11 is 0. The fourth-order valence-electron chi connectivity index (χ4n) is 6.01. The van der Waals surface area contributed by atoms with Crippen molar-refractivity contribution in [1.82, 2.24) is 19.7 Å². The number of methoxy groups -OCH3 is 3. The van der Waals surface area contributed by atoms with Crippen molar-refractivity contribution in [3.8, 4) is 11.4 Å². The number of carbonyl (C=O) groups is 1. The minimum absolute atomic E-state index is 0.0303. The fourth-order valence-corrected chi connectivity index (χ4v) is 6.01. The Hall–Kier alpha value is -3.50. The zero-order valence-corrected chi connectivity index (χ0v) is 22.3. The van der Waals surface area contributed by atoms with E-state index in [1.807, 2.05) is 6.07 Å². The average molecular weight is 525 g/mol. The van der Waals surface area contributed by atoms with Gasteiger partial charge in [0.2, 0.25) is 0 Å². The van der Waals surface area contributed by atoms with Crippen LogP contribution in [0.4, 0.5) is 4.39 Å². The first-order valence-electron chi connectivity index (χ1n) is 12.7. The largest absolute Gasteiger partial charge is 0.494 e. The molecule has 4 aromatic rings. The van der Waals surface area contributed by atoms with Gasteiger partial charge in [-0.1, -0.05) is 13.8 Å². The summed E-state index contributed by atoms with van der Waals surface area (Å²) in [5.41, 5.74) is 3.41. The van der Waals surface area contributed by atoms with E-state index >= 15 is 0 Å². The summed E-state index contributed by atoms with van der Waals surface area (Å²) in [6.07, 6.45) is 3.73. The summed E-state index contributed by atoms with van der Waals surface area (Å²) in [6.45, 7) is 4.65. The molecule has 3 heterocycles. The van der Waals surface area contributed by atoms with Crippen LogP contribution in [0.5, 0.6) is 5.75 Å². The molecule has 10 heteroatoms. The number of H-pyrrole nitrogens is 1. The van der Waals surface area contributed by atoms with Gasteiger partial charge in [-0.3, -0.25) is 5.10 Å². The van der Waals surface area contributed by atoms with E-state index in [0.717, 1.165) is 33.4 Å². The SMILES string of the molecule is COCC(C)(C)c1c([C@H]2CC[C@](OC)(C(=O)O)CC2)c2nc3[nH]ncc3cc2n1-c1ccc(F)c(OC)c1. The second-order valence-electron chi connectivity index (χ2n) is 10.7. The Kier molecular flexibility index (Phi) is 6.65. The number of rotatable bonds is 8. The minimum Gasteiger partial charge on any atom is -0.494 e. The summed E-state index contributed by atoms with van der Waals surface area (Å²) in [7, 11) is 4.58. The van der Waals surface area contributed by atoms with Crippen LogP contribution in [-0.2, 0) is 19.7 Å². The highest BCUT2D eigenvalue weighted by Gasteiger charge is 2.45. The number of aromatic nitrogens is 4. The molecular weight excluding hydrogens is 491 g/mol. The summed E-state index contributed by atoms with van der Waals surface area (Å²) in [4.78, 5) is 17.1. The zero-order valence-electron chi connectivity index (χ0n) is 22.3. The Morgan fingerprint density at radius 3 is 2.61 bits per heavy atom. The van der Waals surface area contributed by atoms with Gasteiger partial charge in [0.05, 0.1) is 30.9 Å². The molecule has 0 saturated heterocycles. The van der Waals surface area contributed by atoms with Crippen LogP contribution >= 0.6 is 0 Å². The molecular formula is C28H33FN4O5. The Balaban J connectivity index is 1.81. The molecule has 0 spiro atoms. The number of aliphatic carboxylic acids is 1. The van der Waals surface area contributed by atoms with Crippen LogP contribution in [-0.4, -0.2) is 64.4 Å². The number of nitrogens with zero attached hydrogens (tertiary/aromatic N) is 3. The number of nitrogens with one attached hydrogen (secondary N) is 1. The number of carboxylic acids is 1. The number of aromatic amines is 1. The summed E-state index contributed by atoms with van der Waals surface area (Å²) < 4.78 is 33.0. The number of hydrogen-bond acceptors (Lipinski definition) is 6. The number of benzene rings is 1. The summed E-state index contributed by atoms with van der Waals surface area (Å²) in [6, 6.07) is 6.85. The second kappa shape index (κ2) is 9.67. The van der Waals surface area contributed by atoms with Gasteiger partial charge in [0.25, 0.3) is 0 Å². The van der Waals surface area contributed by atoms with E-state index in [1.165, 1.54) is 20.3 Å². The van der Waals surface area contributed by atoms with Crippen molar-refractivity contribution in [2.45, 2.75) is 56.5 Å². The number of pyridine rings is 1. The van der Waals surface area contributed by atoms with Crippen molar-refractivity contribution in [2.24, 2.45) is 0 Å². The molecule has 0 aliphatic heterocycles. The lowest BCUT2D eigenvalue weighted by Gasteiger charge is -2.37. The van der Waals surface area contributed by atoms with Crippen molar-refractivity contribution in [3.63, 3.8) is 0 Å². The molecule has 0 radical (unpaired) electrons. The quantitative estimate of drug-likeness (QED) is 0.330.